The summed E-state index contributed by atoms with van der Waals surface area (Å²) in [4.78, 5) is 39.5. The van der Waals surface area contributed by atoms with E-state index in [1.165, 1.54) is 17.4 Å². The van der Waals surface area contributed by atoms with Gasteiger partial charge >= 0.3 is 6.03 Å². The number of carbonyl (C=O) groups excluding carboxylic acids is 3. The first-order chi connectivity index (χ1) is 13.8. The van der Waals surface area contributed by atoms with E-state index in [0.717, 1.165) is 5.69 Å². The maximum Gasteiger partial charge on any atom is 0.325 e. The number of hydrogen-bond donors (Lipinski definition) is 2. The second-order valence-corrected chi connectivity index (χ2v) is 7.41. The summed E-state index contributed by atoms with van der Waals surface area (Å²) in [5, 5.41) is 5.45. The van der Waals surface area contributed by atoms with Crippen molar-refractivity contribution in [1.29, 1.82) is 0 Å². The highest BCUT2D eigenvalue weighted by atomic mass is 16.2. The van der Waals surface area contributed by atoms with Gasteiger partial charge in [-0.2, -0.15) is 0 Å². The molecule has 2 aromatic carbocycles. The van der Waals surface area contributed by atoms with Crippen molar-refractivity contribution in [1.82, 2.24) is 4.90 Å². The third kappa shape index (κ3) is 5.13. The third-order valence-electron chi connectivity index (χ3n) is 4.77. The molecule has 1 heterocycles. The van der Waals surface area contributed by atoms with Crippen LogP contribution < -0.4 is 15.5 Å². The zero-order valence-electron chi connectivity index (χ0n) is 16.9. The van der Waals surface area contributed by atoms with Crippen molar-refractivity contribution < 1.29 is 14.4 Å². The first-order valence-corrected chi connectivity index (χ1v) is 9.67. The van der Waals surface area contributed by atoms with E-state index < -0.39 is 0 Å². The summed E-state index contributed by atoms with van der Waals surface area (Å²) < 4.78 is 0. The predicted octanol–water partition coefficient (Wildman–Crippen LogP) is 3.65. The van der Waals surface area contributed by atoms with Crippen molar-refractivity contribution in [3.63, 3.8) is 0 Å². The van der Waals surface area contributed by atoms with E-state index in [4.69, 9.17) is 0 Å². The number of nitrogens with one attached hydrogen (secondary N) is 2. The third-order valence-corrected chi connectivity index (χ3v) is 4.77. The Labute approximate surface area is 170 Å². The van der Waals surface area contributed by atoms with Gasteiger partial charge in [-0.25, -0.2) is 4.79 Å². The molecule has 2 N–H and O–H groups in total. The highest BCUT2D eigenvalue weighted by Gasteiger charge is 2.30. The van der Waals surface area contributed by atoms with Crippen LogP contribution >= 0.6 is 0 Å². The molecule has 4 amide bonds. The van der Waals surface area contributed by atoms with Crippen molar-refractivity contribution >= 4 is 34.9 Å². The molecule has 0 unspecified atom stereocenters. The Morgan fingerprint density at radius 1 is 1.00 bits per heavy atom. The van der Waals surface area contributed by atoms with Crippen LogP contribution in [0.4, 0.5) is 21.9 Å². The maximum atomic E-state index is 12.7. The zero-order chi connectivity index (χ0) is 21.0. The van der Waals surface area contributed by atoms with Crippen molar-refractivity contribution in [2.45, 2.75) is 26.7 Å². The van der Waals surface area contributed by atoms with Gasteiger partial charge in [0.25, 0.3) is 0 Å². The molecule has 0 aromatic heterocycles. The standard InChI is InChI=1S/C22H26N4O3/c1-15(2)17-7-9-20(10-8-17)26-12-11-25(22(26)29)14-21(28)24-19-6-4-5-18(13-19)23-16(3)27/h4-10,13,15H,11-12,14H2,1-3H3,(H,23,27)(H,24,28). The van der Waals surface area contributed by atoms with Crippen LogP contribution in [0.25, 0.3) is 0 Å². The molecular formula is C22H26N4O3. The van der Waals surface area contributed by atoms with Gasteiger partial charge < -0.3 is 15.5 Å². The van der Waals surface area contributed by atoms with Gasteiger partial charge in [-0.05, 0) is 41.8 Å². The van der Waals surface area contributed by atoms with Crippen LogP contribution in [0.1, 0.15) is 32.3 Å². The first-order valence-electron chi connectivity index (χ1n) is 9.67. The Kier molecular flexibility index (Phi) is 6.16. The van der Waals surface area contributed by atoms with Gasteiger partial charge in [0.05, 0.1) is 0 Å². The Bertz CT molecular complexity index is 909. The lowest BCUT2D eigenvalue weighted by Gasteiger charge is -2.19. The molecule has 0 bridgehead atoms. The van der Waals surface area contributed by atoms with E-state index in [0.29, 0.717) is 30.4 Å². The highest BCUT2D eigenvalue weighted by Crippen LogP contribution is 2.23. The number of urea groups is 1. The average molecular weight is 394 g/mol. The summed E-state index contributed by atoms with van der Waals surface area (Å²) in [5.74, 6) is -0.0318. The van der Waals surface area contributed by atoms with E-state index in [9.17, 15) is 14.4 Å². The van der Waals surface area contributed by atoms with Crippen LogP contribution in [0.3, 0.4) is 0 Å². The van der Waals surface area contributed by atoms with Crippen LogP contribution in [0.2, 0.25) is 0 Å². The predicted molar refractivity (Wildman–Crippen MR) is 114 cm³/mol. The fourth-order valence-corrected chi connectivity index (χ4v) is 3.26. The summed E-state index contributed by atoms with van der Waals surface area (Å²) in [5.41, 5.74) is 3.22. The lowest BCUT2D eigenvalue weighted by Crippen LogP contribution is -2.37. The van der Waals surface area contributed by atoms with E-state index >= 15 is 0 Å². The van der Waals surface area contributed by atoms with Gasteiger partial charge in [-0.1, -0.05) is 32.0 Å². The number of anilines is 3. The van der Waals surface area contributed by atoms with Gasteiger partial charge in [-0.15, -0.1) is 0 Å². The van der Waals surface area contributed by atoms with Crippen LogP contribution in [-0.2, 0) is 9.59 Å². The molecule has 0 radical (unpaired) electrons. The number of carbonyl (C=O) groups is 3. The fourth-order valence-electron chi connectivity index (χ4n) is 3.26. The first kappa shape index (κ1) is 20.4. The van der Waals surface area contributed by atoms with E-state index in [-0.39, 0.29) is 24.4 Å². The topological polar surface area (TPSA) is 81.8 Å². The molecule has 0 atom stereocenters. The number of nitrogens with zero attached hydrogens (tertiary/aromatic N) is 2. The molecule has 1 aliphatic rings. The molecular weight excluding hydrogens is 368 g/mol. The van der Waals surface area contributed by atoms with E-state index in [1.54, 1.807) is 29.2 Å². The number of benzene rings is 2. The smallest absolute Gasteiger partial charge is 0.325 e. The summed E-state index contributed by atoms with van der Waals surface area (Å²) in [6.07, 6.45) is 0. The Hall–Kier alpha value is -3.35. The summed E-state index contributed by atoms with van der Waals surface area (Å²) in [7, 11) is 0. The Balaban J connectivity index is 1.59. The monoisotopic (exact) mass is 394 g/mol. The molecule has 0 spiro atoms. The number of rotatable bonds is 6. The van der Waals surface area contributed by atoms with Crippen LogP contribution in [0.5, 0.6) is 0 Å². The van der Waals surface area contributed by atoms with Crippen LogP contribution in [0, 0.1) is 0 Å². The second kappa shape index (κ2) is 8.77. The zero-order valence-corrected chi connectivity index (χ0v) is 16.9. The van der Waals surface area contributed by atoms with Gasteiger partial charge in [0.2, 0.25) is 11.8 Å². The quantitative estimate of drug-likeness (QED) is 0.785. The molecule has 0 saturated carbocycles. The molecule has 2 aromatic rings. The molecule has 152 valence electrons. The largest absolute Gasteiger partial charge is 0.326 e. The van der Waals surface area contributed by atoms with E-state index in [1.807, 2.05) is 24.3 Å². The van der Waals surface area contributed by atoms with Gasteiger partial charge in [0, 0.05) is 37.1 Å². The molecule has 1 fully saturated rings. The Morgan fingerprint density at radius 3 is 2.28 bits per heavy atom. The van der Waals surface area contributed by atoms with Crippen LogP contribution in [-0.4, -0.2) is 42.4 Å². The molecule has 1 saturated heterocycles. The molecule has 0 aliphatic carbocycles. The lowest BCUT2D eigenvalue weighted by atomic mass is 10.0. The number of amides is 4. The molecule has 29 heavy (non-hydrogen) atoms. The molecule has 7 nitrogen and oxygen atoms in total. The van der Waals surface area contributed by atoms with Crippen molar-refractivity contribution in [3.05, 3.63) is 54.1 Å². The molecule has 7 heteroatoms. The Morgan fingerprint density at radius 2 is 1.66 bits per heavy atom. The maximum absolute atomic E-state index is 12.7. The van der Waals surface area contributed by atoms with Gasteiger partial charge in [-0.3, -0.25) is 14.5 Å². The van der Waals surface area contributed by atoms with Crippen molar-refractivity contribution in [2.24, 2.45) is 0 Å². The SMILES string of the molecule is CC(=O)Nc1cccc(NC(=O)CN2CCN(c3ccc(C(C)C)cc3)C2=O)c1. The minimum atomic E-state index is -0.282. The normalized spacial score (nSPS) is 13.7. The van der Waals surface area contributed by atoms with Gasteiger partial charge in [0.15, 0.2) is 0 Å². The summed E-state index contributed by atoms with van der Waals surface area (Å²) in [6.45, 7) is 6.69. The lowest BCUT2D eigenvalue weighted by molar-refractivity contribution is -0.116. The number of hydrogen-bond acceptors (Lipinski definition) is 3. The average Bonchev–Trinajstić information content (AvgIpc) is 3.02. The van der Waals surface area contributed by atoms with E-state index in [2.05, 4.69) is 24.5 Å². The minimum absolute atomic E-state index is 0.0240. The second-order valence-electron chi connectivity index (χ2n) is 7.41. The van der Waals surface area contributed by atoms with Gasteiger partial charge in [0.1, 0.15) is 6.54 Å². The molecule has 3 rings (SSSR count). The minimum Gasteiger partial charge on any atom is -0.326 e. The van der Waals surface area contributed by atoms with Crippen LogP contribution in [0.15, 0.2) is 48.5 Å². The molecule has 1 aliphatic heterocycles. The van der Waals surface area contributed by atoms with Crippen molar-refractivity contribution in [3.8, 4) is 0 Å². The van der Waals surface area contributed by atoms with Crippen molar-refractivity contribution in [2.75, 3.05) is 35.2 Å². The summed E-state index contributed by atoms with van der Waals surface area (Å²) in [6, 6.07) is 14.7. The summed E-state index contributed by atoms with van der Waals surface area (Å²) >= 11 is 0. The highest BCUT2D eigenvalue weighted by molar-refractivity contribution is 5.99. The fraction of sp³-hybridized carbons (Fsp3) is 0.318.